The van der Waals surface area contributed by atoms with E-state index in [2.05, 4.69) is 14.9 Å². The molecular weight excluding hydrogens is 283 g/mol. The number of aromatic amines is 1. The van der Waals surface area contributed by atoms with Gasteiger partial charge in [0.1, 0.15) is 0 Å². The summed E-state index contributed by atoms with van der Waals surface area (Å²) in [6.45, 7) is 0. The van der Waals surface area contributed by atoms with Crippen molar-refractivity contribution < 1.29 is 21.6 Å². The SMILES string of the molecule is O=S(=O)(Nc1ccc(C(F)(F)F)cc1)c1ccn[nH]1. The summed E-state index contributed by atoms with van der Waals surface area (Å²) in [6, 6.07) is 4.90. The molecule has 1 aromatic heterocycles. The molecule has 0 radical (unpaired) electrons. The highest BCUT2D eigenvalue weighted by Gasteiger charge is 2.30. The molecule has 0 bridgehead atoms. The summed E-state index contributed by atoms with van der Waals surface area (Å²) in [6.07, 6.45) is -3.21. The number of hydrogen-bond donors (Lipinski definition) is 2. The molecule has 102 valence electrons. The molecule has 0 aliphatic heterocycles. The van der Waals surface area contributed by atoms with Crippen LogP contribution in [0.3, 0.4) is 0 Å². The van der Waals surface area contributed by atoms with Gasteiger partial charge in [0, 0.05) is 5.69 Å². The molecule has 5 nitrogen and oxygen atoms in total. The fourth-order valence-electron chi connectivity index (χ4n) is 1.33. The highest BCUT2D eigenvalue weighted by atomic mass is 32.2. The summed E-state index contributed by atoms with van der Waals surface area (Å²) < 4.78 is 62.6. The lowest BCUT2D eigenvalue weighted by molar-refractivity contribution is -0.137. The number of halogens is 3. The van der Waals surface area contributed by atoms with Crippen LogP contribution in [0.25, 0.3) is 0 Å². The zero-order valence-electron chi connectivity index (χ0n) is 9.27. The Labute approximate surface area is 106 Å². The first kappa shape index (κ1) is 13.4. The summed E-state index contributed by atoms with van der Waals surface area (Å²) in [5.41, 5.74) is -0.820. The molecule has 0 fully saturated rings. The number of sulfonamides is 1. The lowest BCUT2D eigenvalue weighted by atomic mass is 10.2. The van der Waals surface area contributed by atoms with Gasteiger partial charge in [-0.3, -0.25) is 9.82 Å². The first-order chi connectivity index (χ1) is 8.79. The van der Waals surface area contributed by atoms with Crippen molar-refractivity contribution in [2.24, 2.45) is 0 Å². The Hall–Kier alpha value is -2.03. The van der Waals surface area contributed by atoms with Gasteiger partial charge < -0.3 is 0 Å². The zero-order valence-corrected chi connectivity index (χ0v) is 10.1. The normalized spacial score (nSPS) is 12.4. The molecule has 2 N–H and O–H groups in total. The molecule has 0 unspecified atom stereocenters. The summed E-state index contributed by atoms with van der Waals surface area (Å²) >= 11 is 0. The van der Waals surface area contributed by atoms with Crippen LogP contribution in [0.15, 0.2) is 41.6 Å². The first-order valence-electron chi connectivity index (χ1n) is 4.98. The quantitative estimate of drug-likeness (QED) is 0.910. The van der Waals surface area contributed by atoms with Gasteiger partial charge in [0.05, 0.1) is 11.8 Å². The van der Waals surface area contributed by atoms with E-state index < -0.39 is 21.8 Å². The average molecular weight is 291 g/mol. The molecule has 2 aromatic rings. The molecule has 2 rings (SSSR count). The van der Waals surface area contributed by atoms with Gasteiger partial charge in [-0.25, -0.2) is 0 Å². The molecule has 1 aromatic carbocycles. The van der Waals surface area contributed by atoms with E-state index >= 15 is 0 Å². The Morgan fingerprint density at radius 1 is 1.11 bits per heavy atom. The van der Waals surface area contributed by atoms with Crippen molar-refractivity contribution in [2.45, 2.75) is 11.2 Å². The van der Waals surface area contributed by atoms with Gasteiger partial charge in [-0.05, 0) is 30.3 Å². The molecule has 19 heavy (non-hydrogen) atoms. The van der Waals surface area contributed by atoms with E-state index in [4.69, 9.17) is 0 Å². The number of benzene rings is 1. The van der Waals surface area contributed by atoms with Gasteiger partial charge in [0.2, 0.25) is 0 Å². The van der Waals surface area contributed by atoms with Crippen molar-refractivity contribution in [2.75, 3.05) is 4.72 Å². The van der Waals surface area contributed by atoms with Crippen LogP contribution in [0.4, 0.5) is 18.9 Å². The Balaban J connectivity index is 2.21. The number of hydrogen-bond acceptors (Lipinski definition) is 3. The second-order valence-electron chi connectivity index (χ2n) is 3.60. The maximum Gasteiger partial charge on any atom is 0.416 e. The van der Waals surface area contributed by atoms with E-state index in [9.17, 15) is 21.6 Å². The Kier molecular flexibility index (Phi) is 3.23. The van der Waals surface area contributed by atoms with E-state index in [-0.39, 0.29) is 10.7 Å². The number of aromatic nitrogens is 2. The van der Waals surface area contributed by atoms with Crippen LogP contribution >= 0.6 is 0 Å². The Morgan fingerprint density at radius 2 is 1.74 bits per heavy atom. The molecule has 0 atom stereocenters. The topological polar surface area (TPSA) is 74.8 Å². The van der Waals surface area contributed by atoms with Crippen molar-refractivity contribution in [3.05, 3.63) is 42.1 Å². The van der Waals surface area contributed by atoms with Gasteiger partial charge >= 0.3 is 6.18 Å². The third-order valence-electron chi connectivity index (χ3n) is 2.23. The van der Waals surface area contributed by atoms with Crippen molar-refractivity contribution in [1.29, 1.82) is 0 Å². The molecule has 0 aliphatic carbocycles. The number of nitrogens with zero attached hydrogens (tertiary/aromatic N) is 1. The second-order valence-corrected chi connectivity index (χ2v) is 5.25. The Bertz CT molecular complexity index is 648. The third kappa shape index (κ3) is 3.05. The lowest BCUT2D eigenvalue weighted by Gasteiger charge is -2.09. The maximum atomic E-state index is 12.3. The van der Waals surface area contributed by atoms with Crippen LogP contribution in [0.1, 0.15) is 5.56 Å². The van der Waals surface area contributed by atoms with Crippen LogP contribution in [0, 0.1) is 0 Å². The highest BCUT2D eigenvalue weighted by Crippen LogP contribution is 2.30. The molecule has 0 aliphatic rings. The van der Waals surface area contributed by atoms with E-state index in [1.807, 2.05) is 0 Å². The number of alkyl halides is 3. The zero-order chi connectivity index (χ0) is 14.1. The van der Waals surface area contributed by atoms with Crippen LogP contribution in [0.5, 0.6) is 0 Å². The van der Waals surface area contributed by atoms with E-state index in [0.29, 0.717) is 0 Å². The molecule has 1 heterocycles. The molecular formula is C10H8F3N3O2S. The second kappa shape index (κ2) is 4.57. The standard InChI is InChI=1S/C10H8F3N3O2S/c11-10(12,13)7-1-3-8(4-2-7)16-19(17,18)9-5-6-14-15-9/h1-6,16H,(H,14,15). The Morgan fingerprint density at radius 3 is 2.21 bits per heavy atom. The van der Waals surface area contributed by atoms with Crippen molar-refractivity contribution in [3.63, 3.8) is 0 Å². The average Bonchev–Trinajstić information content (AvgIpc) is 2.82. The first-order valence-corrected chi connectivity index (χ1v) is 6.47. The van der Waals surface area contributed by atoms with Gasteiger partial charge in [0.15, 0.2) is 5.03 Å². The molecule has 9 heteroatoms. The van der Waals surface area contributed by atoms with Crippen LogP contribution in [0.2, 0.25) is 0 Å². The van der Waals surface area contributed by atoms with Crippen LogP contribution in [-0.4, -0.2) is 18.6 Å². The monoisotopic (exact) mass is 291 g/mol. The summed E-state index contributed by atoms with van der Waals surface area (Å²) in [5, 5.41) is 5.56. The van der Waals surface area contributed by atoms with E-state index in [1.54, 1.807) is 0 Å². The van der Waals surface area contributed by atoms with Crippen molar-refractivity contribution >= 4 is 15.7 Å². The number of anilines is 1. The smallest absolute Gasteiger partial charge is 0.278 e. The molecule has 0 amide bonds. The van der Waals surface area contributed by atoms with Crippen LogP contribution < -0.4 is 4.72 Å². The summed E-state index contributed by atoms with van der Waals surface area (Å²) in [4.78, 5) is 0. The van der Waals surface area contributed by atoms with Crippen LogP contribution in [-0.2, 0) is 16.2 Å². The van der Waals surface area contributed by atoms with E-state index in [1.165, 1.54) is 12.3 Å². The highest BCUT2D eigenvalue weighted by molar-refractivity contribution is 7.92. The lowest BCUT2D eigenvalue weighted by Crippen LogP contribution is -2.13. The molecule has 0 saturated carbocycles. The van der Waals surface area contributed by atoms with Crippen molar-refractivity contribution in [1.82, 2.24) is 10.2 Å². The van der Waals surface area contributed by atoms with Gasteiger partial charge in [0.25, 0.3) is 10.0 Å². The minimum Gasteiger partial charge on any atom is -0.278 e. The number of rotatable bonds is 3. The predicted molar refractivity (Wildman–Crippen MR) is 60.8 cm³/mol. The minimum atomic E-state index is -4.46. The predicted octanol–water partition coefficient (Wildman–Crippen LogP) is 2.23. The van der Waals surface area contributed by atoms with E-state index in [0.717, 1.165) is 24.3 Å². The number of nitrogens with one attached hydrogen (secondary N) is 2. The fraction of sp³-hybridized carbons (Fsp3) is 0.100. The van der Waals surface area contributed by atoms with Gasteiger partial charge in [-0.1, -0.05) is 0 Å². The number of H-pyrrole nitrogens is 1. The largest absolute Gasteiger partial charge is 0.416 e. The summed E-state index contributed by atoms with van der Waals surface area (Å²) in [7, 11) is -3.87. The summed E-state index contributed by atoms with van der Waals surface area (Å²) in [5.74, 6) is 0. The minimum absolute atomic E-state index is 0.0302. The fourth-order valence-corrected chi connectivity index (χ4v) is 2.30. The van der Waals surface area contributed by atoms with Gasteiger partial charge in [-0.15, -0.1) is 0 Å². The molecule has 0 spiro atoms. The molecule has 0 saturated heterocycles. The van der Waals surface area contributed by atoms with Gasteiger partial charge in [-0.2, -0.15) is 26.7 Å². The third-order valence-corrected chi connectivity index (χ3v) is 3.54. The van der Waals surface area contributed by atoms with Crippen molar-refractivity contribution in [3.8, 4) is 0 Å². The maximum absolute atomic E-state index is 12.3.